The lowest BCUT2D eigenvalue weighted by Gasteiger charge is -2.16. The molecule has 0 radical (unpaired) electrons. The van der Waals surface area contributed by atoms with Crippen LogP contribution in [-0.2, 0) is 0 Å². The van der Waals surface area contributed by atoms with Gasteiger partial charge in [-0.1, -0.05) is 15.3 Å². The lowest BCUT2D eigenvalue weighted by Crippen LogP contribution is -2.53. The molecule has 19 nitrogen and oxygen atoms in total. The average Bonchev–Trinajstić information content (AvgIpc) is 2.49. The molecular formula is C4BN13O6. The first-order valence-electron chi connectivity index (χ1n) is 5.17. The Morgan fingerprint density at radius 3 is 1.79 bits per heavy atom. The predicted octanol–water partition coefficient (Wildman–Crippen LogP) is 1.39. The summed E-state index contributed by atoms with van der Waals surface area (Å²) >= 11 is 0. The monoisotopic (exact) mass is 337 g/mol. The van der Waals surface area contributed by atoms with Crippen molar-refractivity contribution in [2.45, 2.75) is 0 Å². The van der Waals surface area contributed by atoms with Crippen molar-refractivity contribution in [2.75, 3.05) is 0 Å². The van der Waals surface area contributed by atoms with Crippen LogP contribution in [0.2, 0.25) is 0 Å². The number of nitrogens with zero attached hydrogens (tertiary/aromatic N) is 13. The minimum Gasteiger partial charge on any atom is -0.358 e. The van der Waals surface area contributed by atoms with Crippen LogP contribution in [0, 0.1) is 30.3 Å². The third kappa shape index (κ3) is 2.90. The predicted molar refractivity (Wildman–Crippen MR) is 70.1 cm³/mol. The van der Waals surface area contributed by atoms with Gasteiger partial charge in [0.25, 0.3) is 0 Å². The normalized spacial score (nSPS) is 13.5. The van der Waals surface area contributed by atoms with E-state index in [-0.39, 0.29) is 0 Å². The third-order valence-corrected chi connectivity index (χ3v) is 2.36. The van der Waals surface area contributed by atoms with Crippen LogP contribution in [-0.4, -0.2) is 26.7 Å². The molecule has 0 unspecified atom stereocenters. The van der Waals surface area contributed by atoms with E-state index in [4.69, 9.17) is 16.6 Å². The number of nitro groups is 3. The first kappa shape index (κ1) is 17.5. The van der Waals surface area contributed by atoms with Crippen LogP contribution in [0.1, 0.15) is 0 Å². The Labute approximate surface area is 127 Å². The zero-order chi connectivity index (χ0) is 18.4. The highest BCUT2D eigenvalue weighted by Gasteiger charge is 2.68. The molecule has 1 rings (SSSR count). The number of azide groups is 3. The third-order valence-electron chi connectivity index (χ3n) is 2.36. The summed E-state index contributed by atoms with van der Waals surface area (Å²) in [6, 6.07) is 0. The smallest absolute Gasteiger partial charge is 0.358 e. The summed E-state index contributed by atoms with van der Waals surface area (Å²) < 4.78 is 0. The fraction of sp³-hybridized carbons (Fsp3) is 0. The van der Waals surface area contributed by atoms with Crippen molar-refractivity contribution in [2.24, 2.45) is 15.3 Å². The summed E-state index contributed by atoms with van der Waals surface area (Å²) in [6.07, 6.45) is 0. The molecule has 0 N–H and O–H groups in total. The Hall–Kier alpha value is -4.53. The Bertz CT molecular complexity index is 783. The van der Waals surface area contributed by atoms with E-state index in [9.17, 15) is 30.3 Å². The molecule has 1 aliphatic heterocycles. The lowest BCUT2D eigenvalue weighted by atomic mass is 9.69. The summed E-state index contributed by atoms with van der Waals surface area (Å²) in [5, 5.41) is 40.1. The van der Waals surface area contributed by atoms with Gasteiger partial charge in [0.2, 0.25) is 5.03 Å². The highest BCUT2D eigenvalue weighted by molar-refractivity contribution is 6.56. The lowest BCUT2D eigenvalue weighted by molar-refractivity contribution is -0.662. The molecule has 0 atom stereocenters. The van der Waals surface area contributed by atoms with E-state index in [1.54, 1.807) is 0 Å². The Morgan fingerprint density at radius 1 is 0.917 bits per heavy atom. The summed E-state index contributed by atoms with van der Waals surface area (Å²) in [7, 11) is 0. The Balaban J connectivity index is 4.13. The fourth-order valence-corrected chi connectivity index (χ4v) is 1.64. The number of hydrogen-bond donors (Lipinski definition) is 0. The SMILES string of the molecule is [N-]=[N+]=NC1=C(N=[N+]=[N-])C(N=[N+]=[N-])=C([N+](=O)[O-])N([N+](=O)[O-])B1[N+](=O)[O-]. The van der Waals surface area contributed by atoms with Gasteiger partial charge in [0, 0.05) is 14.7 Å². The maximum absolute atomic E-state index is 11.1. The molecule has 0 saturated carbocycles. The fourth-order valence-electron chi connectivity index (χ4n) is 1.64. The molecule has 1 aliphatic rings. The quantitative estimate of drug-likeness (QED) is 0.171. The largest absolute Gasteiger partial charge is 0.887 e. The Morgan fingerprint density at radius 2 is 1.42 bits per heavy atom. The summed E-state index contributed by atoms with van der Waals surface area (Å²) in [5.74, 6) is -1.64. The molecule has 0 saturated heterocycles. The van der Waals surface area contributed by atoms with Crippen molar-refractivity contribution in [3.63, 3.8) is 0 Å². The van der Waals surface area contributed by atoms with Crippen molar-refractivity contribution in [3.05, 3.63) is 84.5 Å². The number of hydrogen-bond acceptors (Lipinski definition) is 9. The van der Waals surface area contributed by atoms with Gasteiger partial charge in [-0.25, -0.2) is 10.1 Å². The van der Waals surface area contributed by atoms with E-state index in [0.29, 0.717) is 0 Å². The molecule has 0 aromatic rings. The number of rotatable bonds is 6. The van der Waals surface area contributed by atoms with Gasteiger partial charge in [-0.2, -0.15) is 0 Å². The second-order valence-electron chi connectivity index (χ2n) is 3.47. The molecule has 0 fully saturated rings. The van der Waals surface area contributed by atoms with Crippen molar-refractivity contribution >= 4 is 6.98 Å². The molecule has 0 spiro atoms. The molecule has 0 amide bonds. The van der Waals surface area contributed by atoms with E-state index in [2.05, 4.69) is 30.1 Å². The van der Waals surface area contributed by atoms with Gasteiger partial charge < -0.3 is 10.1 Å². The molecule has 1 heterocycles. The summed E-state index contributed by atoms with van der Waals surface area (Å²) in [5.41, 5.74) is 21.9. The minimum absolute atomic E-state index is 0.593. The molecular weight excluding hydrogens is 337 g/mol. The van der Waals surface area contributed by atoms with Crippen LogP contribution in [0.4, 0.5) is 0 Å². The van der Waals surface area contributed by atoms with Crippen molar-refractivity contribution in [3.8, 4) is 0 Å². The van der Waals surface area contributed by atoms with Crippen molar-refractivity contribution in [1.29, 1.82) is 0 Å². The van der Waals surface area contributed by atoms with E-state index in [0.717, 1.165) is 0 Å². The van der Waals surface area contributed by atoms with Gasteiger partial charge in [0.1, 0.15) is 11.3 Å². The van der Waals surface area contributed by atoms with Crippen LogP contribution in [0.3, 0.4) is 0 Å². The van der Waals surface area contributed by atoms with Crippen LogP contribution >= 0.6 is 0 Å². The van der Waals surface area contributed by atoms with Crippen molar-refractivity contribution < 1.29 is 14.8 Å². The van der Waals surface area contributed by atoms with E-state index in [1.807, 2.05) is 0 Å². The summed E-state index contributed by atoms with van der Waals surface area (Å²) in [6.45, 7) is -2.70. The topological polar surface area (TPSA) is 279 Å². The zero-order valence-electron chi connectivity index (χ0n) is 10.8. The molecule has 0 aliphatic carbocycles. The maximum Gasteiger partial charge on any atom is 0.887 e. The van der Waals surface area contributed by atoms with Crippen LogP contribution in [0.15, 0.2) is 38.2 Å². The van der Waals surface area contributed by atoms with E-state index >= 15 is 0 Å². The van der Waals surface area contributed by atoms with Crippen LogP contribution < -0.4 is 0 Å². The second kappa shape index (κ2) is 6.96. The van der Waals surface area contributed by atoms with E-state index < -0.39 is 49.5 Å². The van der Waals surface area contributed by atoms with Gasteiger partial charge in [-0.15, -0.1) is 0 Å². The van der Waals surface area contributed by atoms with Crippen molar-refractivity contribution in [1.82, 2.24) is 4.92 Å². The van der Waals surface area contributed by atoms with Gasteiger partial charge in [-0.05, 0) is 26.4 Å². The maximum atomic E-state index is 11.1. The molecule has 24 heavy (non-hydrogen) atoms. The van der Waals surface area contributed by atoms with Gasteiger partial charge in [0.05, 0.1) is 10.6 Å². The van der Waals surface area contributed by atoms with Crippen LogP contribution in [0.25, 0.3) is 31.3 Å². The first-order chi connectivity index (χ1) is 11.3. The second-order valence-corrected chi connectivity index (χ2v) is 3.47. The molecule has 120 valence electrons. The first-order valence-corrected chi connectivity index (χ1v) is 5.17. The van der Waals surface area contributed by atoms with Gasteiger partial charge in [0.15, 0.2) is 0 Å². The van der Waals surface area contributed by atoms with Crippen LogP contribution in [0.5, 0.6) is 0 Å². The van der Waals surface area contributed by atoms with E-state index in [1.165, 1.54) is 0 Å². The summed E-state index contributed by atoms with van der Waals surface area (Å²) in [4.78, 5) is 36.3. The highest BCUT2D eigenvalue weighted by Crippen LogP contribution is 2.33. The molecule has 0 aromatic carbocycles. The average molecular weight is 337 g/mol. The highest BCUT2D eigenvalue weighted by atomic mass is 16.7. The zero-order valence-corrected chi connectivity index (χ0v) is 10.8. The number of hydrazine groups is 1. The molecule has 20 heteroatoms. The standard InChI is InChI=1S/C4BN13O6/c6-12-9-1-2(10-13-7)4(16(19)20)15(18(23)24)5(17(21)22)3(1)11-14-8. The van der Waals surface area contributed by atoms with Gasteiger partial charge >= 0.3 is 12.8 Å². The molecule has 0 bridgehead atoms. The molecule has 0 aromatic heterocycles. The minimum atomic E-state index is -2.70. The Kier molecular flexibility index (Phi) is 5.08. The van der Waals surface area contributed by atoms with Gasteiger partial charge in [-0.3, -0.25) is 10.1 Å².